The highest BCUT2D eigenvalue weighted by atomic mass is 15.0. The lowest BCUT2D eigenvalue weighted by Crippen LogP contribution is -2.16. The lowest BCUT2D eigenvalue weighted by molar-refractivity contribution is 0.930. The topological polar surface area (TPSA) is 50.4 Å². The first-order valence-corrected chi connectivity index (χ1v) is 2.03. The summed E-state index contributed by atoms with van der Waals surface area (Å²) in [6, 6.07) is 0. The van der Waals surface area contributed by atoms with Crippen molar-refractivity contribution in [3.8, 4) is 0 Å². The van der Waals surface area contributed by atoms with Crippen LogP contribution in [0.25, 0.3) is 0 Å². The number of nitrogens with two attached hydrogens (primary N) is 1. The van der Waals surface area contributed by atoms with Crippen LogP contribution in [-0.4, -0.2) is 12.8 Å². The quantitative estimate of drug-likeness (QED) is 0.415. The summed E-state index contributed by atoms with van der Waals surface area (Å²) in [6.07, 6.45) is 4.33. The molecule has 0 bridgehead atoms. The van der Waals surface area contributed by atoms with Crippen molar-refractivity contribution in [1.29, 1.82) is 0 Å². The summed E-state index contributed by atoms with van der Waals surface area (Å²) in [5, 5.41) is 2.77. The molecule has 0 aliphatic carbocycles. The second kappa shape index (κ2) is 1.64. The Hall–Kier alpha value is -0.990. The Bertz CT molecular complexity index is 114. The van der Waals surface area contributed by atoms with Crippen LogP contribution in [0.5, 0.6) is 0 Å². The maximum Gasteiger partial charge on any atom is 0.148 e. The average molecular weight is 96.1 g/mol. The Morgan fingerprint density at radius 2 is 2.86 bits per heavy atom. The number of hydrogen-bond donors (Lipinski definition) is 2. The van der Waals surface area contributed by atoms with Gasteiger partial charge >= 0.3 is 0 Å². The lowest BCUT2D eigenvalue weighted by Gasteiger charge is -1.98. The summed E-state index contributed by atoms with van der Waals surface area (Å²) in [7, 11) is 0. The second-order valence-corrected chi connectivity index (χ2v) is 1.20. The first-order chi connectivity index (χ1) is 3.39. The number of rotatable bonds is 0. The summed E-state index contributed by atoms with van der Waals surface area (Å²) >= 11 is 0. The van der Waals surface area contributed by atoms with E-state index in [-0.39, 0.29) is 0 Å². The highest BCUT2D eigenvalue weighted by Gasteiger charge is 1.87. The van der Waals surface area contributed by atoms with Crippen LogP contribution in [0, 0.1) is 6.20 Å². The van der Waals surface area contributed by atoms with Crippen LogP contribution >= 0.6 is 0 Å². The fourth-order valence-electron chi connectivity index (χ4n) is 0.364. The summed E-state index contributed by atoms with van der Waals surface area (Å²) in [4.78, 5) is 3.73. The molecule has 7 heavy (non-hydrogen) atoms. The second-order valence-electron chi connectivity index (χ2n) is 1.20. The van der Waals surface area contributed by atoms with E-state index in [1.54, 1.807) is 6.21 Å². The predicted octanol–water partition coefficient (Wildman–Crippen LogP) is -0.779. The largest absolute Gasteiger partial charge is 0.382 e. The van der Waals surface area contributed by atoms with E-state index in [4.69, 9.17) is 5.73 Å². The molecule has 0 aromatic carbocycles. The number of aliphatic imine (C=N–C) groups is 1. The van der Waals surface area contributed by atoms with Crippen LogP contribution in [0.1, 0.15) is 0 Å². The minimum Gasteiger partial charge on any atom is -0.382 e. The average Bonchev–Trinajstić information content (AvgIpc) is 1.69. The van der Waals surface area contributed by atoms with Gasteiger partial charge in [-0.05, 0) is 0 Å². The zero-order chi connectivity index (χ0) is 5.11. The molecular formula is C4H6N3. The molecule has 0 aromatic heterocycles. The van der Waals surface area contributed by atoms with Crippen molar-refractivity contribution in [2.75, 3.05) is 6.54 Å². The Labute approximate surface area is 41.9 Å². The van der Waals surface area contributed by atoms with Gasteiger partial charge in [-0.25, -0.2) is 4.99 Å². The third kappa shape index (κ3) is 0.924. The van der Waals surface area contributed by atoms with Gasteiger partial charge in [0.15, 0.2) is 0 Å². The molecule has 0 fully saturated rings. The van der Waals surface area contributed by atoms with E-state index in [1.807, 2.05) is 0 Å². The van der Waals surface area contributed by atoms with Crippen molar-refractivity contribution in [2.45, 2.75) is 0 Å². The molecule has 0 saturated carbocycles. The zero-order valence-electron chi connectivity index (χ0n) is 3.81. The van der Waals surface area contributed by atoms with Gasteiger partial charge in [0.25, 0.3) is 0 Å². The van der Waals surface area contributed by atoms with Crippen molar-refractivity contribution < 1.29 is 0 Å². The molecule has 0 aromatic rings. The number of hydrogen-bond acceptors (Lipinski definition) is 3. The molecule has 37 valence electrons. The van der Waals surface area contributed by atoms with E-state index in [1.165, 1.54) is 0 Å². The van der Waals surface area contributed by atoms with Gasteiger partial charge in [0.1, 0.15) is 12.0 Å². The Balaban J connectivity index is 2.58. The van der Waals surface area contributed by atoms with Crippen LogP contribution in [0.3, 0.4) is 0 Å². The van der Waals surface area contributed by atoms with Gasteiger partial charge in [-0.1, -0.05) is 0 Å². The van der Waals surface area contributed by atoms with E-state index in [0.717, 1.165) is 6.54 Å². The fraction of sp³-hybridized carbons (Fsp3) is 0.250. The standard InChI is InChI=1S/C4H6N3/c5-4-3-6-1-2-7-4/h2,6H,1,5H2. The predicted molar refractivity (Wildman–Crippen MR) is 27.4 cm³/mol. The number of nitrogens with one attached hydrogen (secondary N) is 1. The van der Waals surface area contributed by atoms with Crippen LogP contribution in [0.2, 0.25) is 0 Å². The smallest absolute Gasteiger partial charge is 0.148 e. The molecule has 3 heteroatoms. The summed E-state index contributed by atoms with van der Waals surface area (Å²) in [6.45, 7) is 0.737. The molecule has 1 rings (SSSR count). The molecule has 1 aliphatic rings. The Kier molecular flexibility index (Phi) is 0.978. The Morgan fingerprint density at radius 3 is 3.14 bits per heavy atom. The molecule has 0 unspecified atom stereocenters. The van der Waals surface area contributed by atoms with Crippen LogP contribution in [0.15, 0.2) is 10.8 Å². The molecule has 0 spiro atoms. The van der Waals surface area contributed by atoms with Crippen LogP contribution < -0.4 is 11.1 Å². The fourth-order valence-corrected chi connectivity index (χ4v) is 0.364. The molecule has 0 saturated heterocycles. The molecule has 3 nitrogen and oxygen atoms in total. The first-order valence-electron chi connectivity index (χ1n) is 2.03. The lowest BCUT2D eigenvalue weighted by atomic mass is 10.6. The van der Waals surface area contributed by atoms with Gasteiger partial charge < -0.3 is 11.1 Å². The SMILES string of the molecule is NC1=[C]NCC=N1. The van der Waals surface area contributed by atoms with E-state index >= 15 is 0 Å². The molecule has 0 amide bonds. The summed E-state index contributed by atoms with van der Waals surface area (Å²) in [5.74, 6) is 0.422. The van der Waals surface area contributed by atoms with E-state index in [0.29, 0.717) is 5.82 Å². The minimum atomic E-state index is 0.422. The van der Waals surface area contributed by atoms with Crippen molar-refractivity contribution in [3.63, 3.8) is 0 Å². The Morgan fingerprint density at radius 1 is 2.00 bits per heavy atom. The van der Waals surface area contributed by atoms with Crippen molar-refractivity contribution in [2.24, 2.45) is 10.7 Å². The highest BCUT2D eigenvalue weighted by molar-refractivity contribution is 5.62. The molecule has 1 radical (unpaired) electrons. The third-order valence-electron chi connectivity index (χ3n) is 0.640. The van der Waals surface area contributed by atoms with Gasteiger partial charge in [0, 0.05) is 6.21 Å². The van der Waals surface area contributed by atoms with Gasteiger partial charge in [-0.3, -0.25) is 0 Å². The maximum atomic E-state index is 5.18. The van der Waals surface area contributed by atoms with Gasteiger partial charge in [-0.2, -0.15) is 0 Å². The molecular weight excluding hydrogens is 90.1 g/mol. The first kappa shape index (κ1) is 4.18. The van der Waals surface area contributed by atoms with Crippen molar-refractivity contribution >= 4 is 6.21 Å². The maximum absolute atomic E-state index is 5.18. The van der Waals surface area contributed by atoms with Gasteiger partial charge in [-0.15, -0.1) is 0 Å². The number of nitrogens with zero attached hydrogens (tertiary/aromatic N) is 1. The summed E-state index contributed by atoms with van der Waals surface area (Å²) < 4.78 is 0. The molecule has 3 N–H and O–H groups in total. The van der Waals surface area contributed by atoms with E-state index < -0.39 is 0 Å². The van der Waals surface area contributed by atoms with Crippen molar-refractivity contribution in [1.82, 2.24) is 5.32 Å². The van der Waals surface area contributed by atoms with Crippen LogP contribution in [-0.2, 0) is 0 Å². The molecule has 0 atom stereocenters. The normalized spacial score (nSPS) is 18.0. The molecule has 1 heterocycles. The monoisotopic (exact) mass is 96.1 g/mol. The zero-order valence-corrected chi connectivity index (χ0v) is 3.81. The third-order valence-corrected chi connectivity index (χ3v) is 0.640. The minimum absolute atomic E-state index is 0.422. The van der Waals surface area contributed by atoms with Crippen molar-refractivity contribution in [3.05, 3.63) is 12.0 Å². The van der Waals surface area contributed by atoms with E-state index in [9.17, 15) is 0 Å². The van der Waals surface area contributed by atoms with Crippen LogP contribution in [0.4, 0.5) is 0 Å². The van der Waals surface area contributed by atoms with Gasteiger partial charge in [0.2, 0.25) is 0 Å². The van der Waals surface area contributed by atoms with Gasteiger partial charge in [0.05, 0.1) is 6.54 Å². The highest BCUT2D eigenvalue weighted by Crippen LogP contribution is 1.82. The molecule has 1 aliphatic heterocycles. The van der Waals surface area contributed by atoms with E-state index in [2.05, 4.69) is 16.5 Å². The summed E-state index contributed by atoms with van der Waals surface area (Å²) in [5.41, 5.74) is 5.18.